The number of aromatic nitrogens is 1. The van der Waals surface area contributed by atoms with Gasteiger partial charge in [0.25, 0.3) is 0 Å². The average molecular weight is 344 g/mol. The monoisotopic (exact) mass is 342 g/mol. The zero-order chi connectivity index (χ0) is 13.3. The largest absolute Gasteiger partial charge is 0.389 e. The highest BCUT2D eigenvalue weighted by Crippen LogP contribution is 2.22. The molecule has 8 heteroatoms. The number of aliphatic hydroxyl groups is 1. The number of hydrogen-bond donors (Lipinski definition) is 2. The highest BCUT2D eigenvalue weighted by molar-refractivity contribution is 9.10. The average Bonchev–Trinajstić information content (AvgIpc) is 2.18. The molecule has 0 radical (unpaired) electrons. The Morgan fingerprint density at radius 2 is 2.18 bits per heavy atom. The van der Waals surface area contributed by atoms with Gasteiger partial charge >= 0.3 is 0 Å². The lowest BCUT2D eigenvalue weighted by Gasteiger charge is -2.17. The van der Waals surface area contributed by atoms with E-state index < -0.39 is 15.6 Å². The van der Waals surface area contributed by atoms with E-state index in [4.69, 9.17) is 11.6 Å². The van der Waals surface area contributed by atoms with Gasteiger partial charge in [-0.1, -0.05) is 11.6 Å². The first-order chi connectivity index (χ1) is 7.62. The van der Waals surface area contributed by atoms with Gasteiger partial charge in [-0.15, -0.1) is 0 Å². The van der Waals surface area contributed by atoms with Crippen LogP contribution in [0.25, 0.3) is 0 Å². The molecule has 0 aliphatic rings. The van der Waals surface area contributed by atoms with Gasteiger partial charge in [0.2, 0.25) is 10.0 Å². The Bertz CT molecular complexity index is 513. The SMILES string of the molecule is CC(C)(O)CNS(=O)(=O)c1cnc(Cl)c(Br)c1. The first-order valence-electron chi connectivity index (χ1n) is 4.65. The molecule has 1 aromatic rings. The predicted octanol–water partition coefficient (Wildman–Crippen LogP) is 1.55. The van der Waals surface area contributed by atoms with E-state index in [1.165, 1.54) is 19.9 Å². The molecule has 1 heterocycles. The van der Waals surface area contributed by atoms with Crippen molar-refractivity contribution < 1.29 is 13.5 Å². The smallest absolute Gasteiger partial charge is 0.242 e. The minimum atomic E-state index is -3.69. The van der Waals surface area contributed by atoms with Crippen LogP contribution in [0.4, 0.5) is 0 Å². The van der Waals surface area contributed by atoms with Crippen LogP contribution in [-0.4, -0.2) is 30.7 Å². The third-order valence-corrected chi connectivity index (χ3v) is 4.28. The summed E-state index contributed by atoms with van der Waals surface area (Å²) < 4.78 is 26.3. The molecule has 1 aromatic heterocycles. The minimum absolute atomic E-state index is 0.0157. The summed E-state index contributed by atoms with van der Waals surface area (Å²) in [7, 11) is -3.69. The maximum absolute atomic E-state index is 11.8. The van der Waals surface area contributed by atoms with Crippen LogP contribution in [0.3, 0.4) is 0 Å². The van der Waals surface area contributed by atoms with E-state index in [1.54, 1.807) is 0 Å². The van der Waals surface area contributed by atoms with Crippen LogP contribution in [0.1, 0.15) is 13.8 Å². The van der Waals surface area contributed by atoms with Crippen molar-refractivity contribution in [2.45, 2.75) is 24.3 Å². The van der Waals surface area contributed by atoms with Gasteiger partial charge in [-0.2, -0.15) is 0 Å². The molecule has 5 nitrogen and oxygen atoms in total. The third-order valence-electron chi connectivity index (χ3n) is 1.78. The summed E-state index contributed by atoms with van der Waals surface area (Å²) in [5, 5.41) is 9.64. The van der Waals surface area contributed by atoms with Crippen molar-refractivity contribution >= 4 is 37.6 Å². The van der Waals surface area contributed by atoms with E-state index in [0.29, 0.717) is 4.47 Å². The van der Waals surface area contributed by atoms with Gasteiger partial charge in [0.05, 0.1) is 10.1 Å². The van der Waals surface area contributed by atoms with Gasteiger partial charge in [0, 0.05) is 12.7 Å². The molecule has 0 saturated carbocycles. The van der Waals surface area contributed by atoms with Crippen LogP contribution < -0.4 is 4.72 Å². The quantitative estimate of drug-likeness (QED) is 0.813. The maximum Gasteiger partial charge on any atom is 0.242 e. The highest BCUT2D eigenvalue weighted by atomic mass is 79.9. The summed E-state index contributed by atoms with van der Waals surface area (Å²) in [5.41, 5.74) is -1.12. The van der Waals surface area contributed by atoms with Gasteiger partial charge < -0.3 is 5.11 Å². The molecule has 0 aliphatic heterocycles. The molecule has 17 heavy (non-hydrogen) atoms. The zero-order valence-electron chi connectivity index (χ0n) is 9.24. The fraction of sp³-hybridized carbons (Fsp3) is 0.444. The molecule has 0 atom stereocenters. The molecule has 1 rings (SSSR count). The summed E-state index contributed by atoms with van der Waals surface area (Å²) in [6.45, 7) is 2.92. The second-order valence-electron chi connectivity index (χ2n) is 4.08. The topological polar surface area (TPSA) is 79.3 Å². The van der Waals surface area contributed by atoms with Gasteiger partial charge in [-0.3, -0.25) is 0 Å². The standard InChI is InChI=1S/C9H12BrClN2O3S/c1-9(2,14)5-13-17(15,16)6-3-7(10)8(11)12-4-6/h3-4,13-14H,5H2,1-2H3. The number of nitrogens with one attached hydrogen (secondary N) is 1. The van der Waals surface area contributed by atoms with E-state index in [0.717, 1.165) is 6.20 Å². The van der Waals surface area contributed by atoms with Crippen molar-refractivity contribution in [3.05, 3.63) is 21.9 Å². The molecule has 0 fully saturated rings. The van der Waals surface area contributed by atoms with E-state index >= 15 is 0 Å². The van der Waals surface area contributed by atoms with Gasteiger partial charge in [-0.05, 0) is 35.8 Å². The molecule has 0 unspecified atom stereocenters. The second kappa shape index (κ2) is 5.19. The lowest BCUT2D eigenvalue weighted by molar-refractivity contribution is 0.0857. The van der Waals surface area contributed by atoms with Crippen LogP contribution in [-0.2, 0) is 10.0 Å². The molecule has 0 amide bonds. The molecule has 0 spiro atoms. The zero-order valence-corrected chi connectivity index (χ0v) is 12.4. The molecule has 0 saturated heterocycles. The Kier molecular flexibility index (Phi) is 4.54. The van der Waals surface area contributed by atoms with Crippen molar-refractivity contribution in [2.75, 3.05) is 6.54 Å². The van der Waals surface area contributed by atoms with Crippen molar-refractivity contribution in [2.24, 2.45) is 0 Å². The third kappa shape index (κ3) is 4.51. The summed E-state index contributed by atoms with van der Waals surface area (Å²) in [4.78, 5) is 3.71. The number of pyridine rings is 1. The van der Waals surface area contributed by atoms with E-state index in [2.05, 4.69) is 25.6 Å². The molecular weight excluding hydrogens is 332 g/mol. The Labute approximate surface area is 113 Å². The Hall–Kier alpha value is -0.210. The summed E-state index contributed by atoms with van der Waals surface area (Å²) in [5.74, 6) is 0. The lowest BCUT2D eigenvalue weighted by Crippen LogP contribution is -2.38. The molecule has 0 bridgehead atoms. The molecule has 96 valence electrons. The highest BCUT2D eigenvalue weighted by Gasteiger charge is 2.20. The lowest BCUT2D eigenvalue weighted by atomic mass is 10.1. The first-order valence-corrected chi connectivity index (χ1v) is 7.30. The summed E-state index contributed by atoms with van der Waals surface area (Å²) in [6.07, 6.45) is 1.15. The number of sulfonamides is 1. The molecule has 0 aliphatic carbocycles. The predicted molar refractivity (Wildman–Crippen MR) is 68.4 cm³/mol. The molecule has 0 aromatic carbocycles. The van der Waals surface area contributed by atoms with Gasteiger partial charge in [-0.25, -0.2) is 18.1 Å². The Morgan fingerprint density at radius 1 is 1.59 bits per heavy atom. The van der Waals surface area contributed by atoms with E-state index in [1.807, 2.05) is 0 Å². The van der Waals surface area contributed by atoms with Crippen LogP contribution >= 0.6 is 27.5 Å². The van der Waals surface area contributed by atoms with Crippen LogP contribution in [0.15, 0.2) is 21.6 Å². The number of rotatable bonds is 4. The van der Waals surface area contributed by atoms with Crippen LogP contribution in [0.5, 0.6) is 0 Å². The molecule has 2 N–H and O–H groups in total. The minimum Gasteiger partial charge on any atom is -0.389 e. The first kappa shape index (κ1) is 14.8. The number of nitrogens with zero attached hydrogens (tertiary/aromatic N) is 1. The van der Waals surface area contributed by atoms with Gasteiger partial charge in [0.1, 0.15) is 10.0 Å². The van der Waals surface area contributed by atoms with Gasteiger partial charge in [0.15, 0.2) is 0 Å². The normalized spacial score (nSPS) is 12.8. The van der Waals surface area contributed by atoms with Crippen molar-refractivity contribution in [1.29, 1.82) is 0 Å². The molecular formula is C9H12BrClN2O3S. The fourth-order valence-electron chi connectivity index (χ4n) is 0.906. The Balaban J connectivity index is 2.94. The summed E-state index contributed by atoms with van der Waals surface area (Å²) >= 11 is 8.76. The second-order valence-corrected chi connectivity index (χ2v) is 7.06. The summed E-state index contributed by atoms with van der Waals surface area (Å²) in [6, 6.07) is 1.35. The van der Waals surface area contributed by atoms with E-state index in [9.17, 15) is 13.5 Å². The Morgan fingerprint density at radius 3 is 2.65 bits per heavy atom. The maximum atomic E-state index is 11.8. The van der Waals surface area contributed by atoms with E-state index in [-0.39, 0.29) is 16.6 Å². The van der Waals surface area contributed by atoms with Crippen LogP contribution in [0.2, 0.25) is 5.15 Å². The number of halogens is 2. The van der Waals surface area contributed by atoms with Crippen molar-refractivity contribution in [1.82, 2.24) is 9.71 Å². The van der Waals surface area contributed by atoms with Crippen molar-refractivity contribution in [3.8, 4) is 0 Å². The fourth-order valence-corrected chi connectivity index (χ4v) is 2.68. The number of hydrogen-bond acceptors (Lipinski definition) is 4. The van der Waals surface area contributed by atoms with Crippen molar-refractivity contribution in [3.63, 3.8) is 0 Å². The van der Waals surface area contributed by atoms with Crippen LogP contribution in [0, 0.1) is 0 Å².